The van der Waals surface area contributed by atoms with Crippen molar-refractivity contribution in [3.8, 4) is 0 Å². The smallest absolute Gasteiger partial charge is 0.318 e. The molecule has 0 aliphatic heterocycles. The van der Waals surface area contributed by atoms with Crippen LogP contribution in [0.15, 0.2) is 4.42 Å². The Bertz CT molecular complexity index is 359. The molecule has 1 heterocycles. The molecule has 1 rings (SSSR count). The van der Waals surface area contributed by atoms with Gasteiger partial charge in [0.25, 0.3) is 0 Å². The molecule has 0 saturated heterocycles. The lowest BCUT2D eigenvalue weighted by Crippen LogP contribution is -2.38. The van der Waals surface area contributed by atoms with Gasteiger partial charge in [0.2, 0.25) is 5.89 Å². The lowest BCUT2D eigenvalue weighted by atomic mass is 10.1. The fourth-order valence-electron chi connectivity index (χ4n) is 1.70. The average molecular weight is 256 g/mol. The van der Waals surface area contributed by atoms with Crippen LogP contribution in [0.5, 0.6) is 0 Å². The summed E-state index contributed by atoms with van der Waals surface area (Å²) in [5, 5.41) is 21.1. The van der Waals surface area contributed by atoms with Gasteiger partial charge in [-0.3, -0.25) is 0 Å². The standard InChI is InChI=1S/C12H24N4O2/c1-6-13-9(3)10-14-15-11(18-10)16(7-2)8-12(4,5)17/h9,13,17H,6-8H2,1-5H3. The van der Waals surface area contributed by atoms with Crippen molar-refractivity contribution in [2.24, 2.45) is 0 Å². The SMILES string of the molecule is CCNC(C)c1nnc(N(CC)CC(C)(C)O)o1. The second kappa shape index (κ2) is 6.15. The molecule has 6 nitrogen and oxygen atoms in total. The summed E-state index contributed by atoms with van der Waals surface area (Å²) < 4.78 is 5.63. The highest BCUT2D eigenvalue weighted by molar-refractivity contribution is 5.24. The summed E-state index contributed by atoms with van der Waals surface area (Å²) in [4.78, 5) is 1.87. The minimum Gasteiger partial charge on any atom is -0.406 e. The zero-order valence-corrected chi connectivity index (χ0v) is 11.9. The summed E-state index contributed by atoms with van der Waals surface area (Å²) in [6.45, 7) is 11.5. The summed E-state index contributed by atoms with van der Waals surface area (Å²) in [5.41, 5.74) is -0.794. The van der Waals surface area contributed by atoms with Crippen molar-refractivity contribution >= 4 is 6.01 Å². The minimum absolute atomic E-state index is 0.0390. The summed E-state index contributed by atoms with van der Waals surface area (Å²) in [6, 6.07) is 0.497. The Balaban J connectivity index is 2.76. The molecule has 1 aromatic rings. The molecule has 18 heavy (non-hydrogen) atoms. The predicted molar refractivity (Wildman–Crippen MR) is 70.6 cm³/mol. The molecule has 1 atom stereocenters. The van der Waals surface area contributed by atoms with Crippen molar-refractivity contribution in [2.45, 2.75) is 46.3 Å². The highest BCUT2D eigenvalue weighted by Crippen LogP contribution is 2.18. The molecular formula is C12H24N4O2. The number of rotatable bonds is 7. The zero-order chi connectivity index (χ0) is 13.8. The highest BCUT2D eigenvalue weighted by Gasteiger charge is 2.22. The maximum atomic E-state index is 9.84. The van der Waals surface area contributed by atoms with Gasteiger partial charge in [0, 0.05) is 6.54 Å². The molecule has 0 radical (unpaired) electrons. The largest absolute Gasteiger partial charge is 0.406 e. The van der Waals surface area contributed by atoms with E-state index in [-0.39, 0.29) is 6.04 Å². The van der Waals surface area contributed by atoms with Crippen LogP contribution in [0.1, 0.15) is 46.6 Å². The Kier molecular flexibility index (Phi) is 5.10. The molecule has 6 heteroatoms. The number of aromatic nitrogens is 2. The van der Waals surface area contributed by atoms with Crippen LogP contribution in [0.25, 0.3) is 0 Å². The molecule has 1 aromatic heterocycles. The molecule has 0 aliphatic carbocycles. The topological polar surface area (TPSA) is 74.4 Å². The lowest BCUT2D eigenvalue weighted by molar-refractivity contribution is 0.0863. The first-order valence-corrected chi connectivity index (χ1v) is 6.41. The molecule has 0 fully saturated rings. The van der Waals surface area contributed by atoms with E-state index in [2.05, 4.69) is 15.5 Å². The van der Waals surface area contributed by atoms with Crippen molar-refractivity contribution in [1.29, 1.82) is 0 Å². The Morgan fingerprint density at radius 1 is 1.39 bits per heavy atom. The third-order valence-corrected chi connectivity index (χ3v) is 2.54. The Morgan fingerprint density at radius 3 is 2.56 bits per heavy atom. The van der Waals surface area contributed by atoms with Gasteiger partial charge >= 0.3 is 6.01 Å². The molecule has 0 spiro atoms. The molecular weight excluding hydrogens is 232 g/mol. The monoisotopic (exact) mass is 256 g/mol. The number of aliphatic hydroxyl groups is 1. The van der Waals surface area contributed by atoms with E-state index >= 15 is 0 Å². The fraction of sp³-hybridized carbons (Fsp3) is 0.833. The van der Waals surface area contributed by atoms with Crippen LogP contribution in [-0.4, -0.2) is 40.5 Å². The van der Waals surface area contributed by atoms with Crippen LogP contribution in [-0.2, 0) is 0 Å². The minimum atomic E-state index is -0.794. The number of nitrogens with one attached hydrogen (secondary N) is 1. The molecule has 0 aliphatic rings. The van der Waals surface area contributed by atoms with Gasteiger partial charge in [-0.05, 0) is 34.2 Å². The van der Waals surface area contributed by atoms with E-state index in [9.17, 15) is 5.11 Å². The highest BCUT2D eigenvalue weighted by atomic mass is 16.4. The molecule has 0 saturated carbocycles. The van der Waals surface area contributed by atoms with Crippen LogP contribution >= 0.6 is 0 Å². The van der Waals surface area contributed by atoms with Crippen LogP contribution in [0, 0.1) is 0 Å². The Labute approximate surface area is 108 Å². The maximum absolute atomic E-state index is 9.84. The third-order valence-electron chi connectivity index (χ3n) is 2.54. The van der Waals surface area contributed by atoms with Gasteiger partial charge in [-0.1, -0.05) is 12.0 Å². The second-order valence-electron chi connectivity index (χ2n) is 5.03. The zero-order valence-electron chi connectivity index (χ0n) is 11.9. The number of hydrogen-bond acceptors (Lipinski definition) is 6. The van der Waals surface area contributed by atoms with Gasteiger partial charge in [-0.25, -0.2) is 0 Å². The van der Waals surface area contributed by atoms with Gasteiger partial charge in [0.05, 0.1) is 18.2 Å². The number of nitrogens with zero attached hydrogens (tertiary/aromatic N) is 3. The molecule has 1 unspecified atom stereocenters. The fourth-order valence-corrected chi connectivity index (χ4v) is 1.70. The molecule has 0 aromatic carbocycles. The van der Waals surface area contributed by atoms with Gasteiger partial charge in [-0.2, -0.15) is 0 Å². The van der Waals surface area contributed by atoms with Gasteiger partial charge in [0.15, 0.2) is 0 Å². The first kappa shape index (κ1) is 14.9. The first-order valence-electron chi connectivity index (χ1n) is 6.41. The van der Waals surface area contributed by atoms with E-state index in [0.29, 0.717) is 25.0 Å². The van der Waals surface area contributed by atoms with Crippen molar-refractivity contribution in [3.63, 3.8) is 0 Å². The van der Waals surface area contributed by atoms with Crippen molar-refractivity contribution in [3.05, 3.63) is 5.89 Å². The molecule has 104 valence electrons. The van der Waals surface area contributed by atoms with Crippen LogP contribution < -0.4 is 10.2 Å². The number of anilines is 1. The van der Waals surface area contributed by atoms with Gasteiger partial charge in [0.1, 0.15) is 0 Å². The molecule has 0 bridgehead atoms. The summed E-state index contributed by atoms with van der Waals surface area (Å²) in [5.74, 6) is 0.570. The van der Waals surface area contributed by atoms with Crippen molar-refractivity contribution in [2.75, 3.05) is 24.5 Å². The first-order chi connectivity index (χ1) is 8.37. The number of likely N-dealkylation sites (N-methyl/N-ethyl adjacent to an activating group) is 1. The molecule has 2 N–H and O–H groups in total. The second-order valence-corrected chi connectivity index (χ2v) is 5.03. The van der Waals surface area contributed by atoms with Crippen LogP contribution in [0.2, 0.25) is 0 Å². The van der Waals surface area contributed by atoms with Crippen molar-refractivity contribution < 1.29 is 9.52 Å². The maximum Gasteiger partial charge on any atom is 0.318 e. The van der Waals surface area contributed by atoms with E-state index in [1.165, 1.54) is 0 Å². The Hall–Kier alpha value is -1.14. The van der Waals surface area contributed by atoms with Crippen molar-refractivity contribution in [1.82, 2.24) is 15.5 Å². The van der Waals surface area contributed by atoms with E-state index in [1.807, 2.05) is 25.7 Å². The quantitative estimate of drug-likeness (QED) is 0.767. The predicted octanol–water partition coefficient (Wildman–Crippen LogP) is 1.34. The van der Waals surface area contributed by atoms with E-state index < -0.39 is 5.60 Å². The van der Waals surface area contributed by atoms with Crippen LogP contribution in [0.3, 0.4) is 0 Å². The van der Waals surface area contributed by atoms with Gasteiger partial charge < -0.3 is 19.7 Å². The number of hydrogen-bond donors (Lipinski definition) is 2. The summed E-state index contributed by atoms with van der Waals surface area (Å²) >= 11 is 0. The van der Waals surface area contributed by atoms with E-state index in [0.717, 1.165) is 6.54 Å². The van der Waals surface area contributed by atoms with Gasteiger partial charge in [-0.15, -0.1) is 5.10 Å². The molecule has 0 amide bonds. The third kappa shape index (κ3) is 4.27. The normalized spacial score (nSPS) is 13.7. The average Bonchev–Trinajstić information content (AvgIpc) is 2.74. The summed E-state index contributed by atoms with van der Waals surface area (Å²) in [7, 11) is 0. The lowest BCUT2D eigenvalue weighted by Gasteiger charge is -2.26. The Morgan fingerprint density at radius 2 is 2.06 bits per heavy atom. The van der Waals surface area contributed by atoms with E-state index in [1.54, 1.807) is 13.8 Å². The summed E-state index contributed by atoms with van der Waals surface area (Å²) in [6.07, 6.45) is 0. The van der Waals surface area contributed by atoms with Crippen LogP contribution in [0.4, 0.5) is 6.01 Å². The van der Waals surface area contributed by atoms with E-state index in [4.69, 9.17) is 4.42 Å².